The molecule has 0 radical (unpaired) electrons. The first-order valence-electron chi connectivity index (χ1n) is 4.52. The van der Waals surface area contributed by atoms with Gasteiger partial charge in [-0.15, -0.1) is 0 Å². The van der Waals surface area contributed by atoms with Crippen LogP contribution in [-0.4, -0.2) is 16.0 Å². The maximum Gasteiger partial charge on any atom is 0.328 e. The van der Waals surface area contributed by atoms with Crippen LogP contribution in [0.1, 0.15) is 16.2 Å². The van der Waals surface area contributed by atoms with Gasteiger partial charge in [0.2, 0.25) is 0 Å². The molecule has 0 unspecified atom stereocenters. The molecule has 0 aliphatic heterocycles. The zero-order chi connectivity index (χ0) is 11.5. The van der Waals surface area contributed by atoms with Gasteiger partial charge in [-0.25, -0.2) is 4.39 Å². The van der Waals surface area contributed by atoms with E-state index in [0.29, 0.717) is 5.82 Å². The van der Waals surface area contributed by atoms with Crippen molar-refractivity contribution in [2.45, 2.75) is 6.92 Å². The van der Waals surface area contributed by atoms with Gasteiger partial charge in [0.15, 0.2) is 5.82 Å². The van der Waals surface area contributed by atoms with Crippen LogP contribution in [0.2, 0.25) is 0 Å². The number of nitrogens with one attached hydrogen (secondary N) is 1. The topological polar surface area (TPSA) is 68.0 Å². The van der Waals surface area contributed by atoms with E-state index in [1.54, 1.807) is 6.92 Å². The smallest absolute Gasteiger partial charge is 0.315 e. The molecule has 1 aromatic carbocycles. The van der Waals surface area contributed by atoms with Crippen LogP contribution in [0.5, 0.6) is 0 Å². The summed E-state index contributed by atoms with van der Waals surface area (Å²) in [7, 11) is 0. The first-order valence-corrected chi connectivity index (χ1v) is 4.52. The Morgan fingerprint density at radius 2 is 2.31 bits per heavy atom. The molecule has 2 rings (SSSR count). The summed E-state index contributed by atoms with van der Waals surface area (Å²) in [5.74, 6) is -0.563. The van der Waals surface area contributed by atoms with Gasteiger partial charge >= 0.3 is 6.01 Å². The van der Waals surface area contributed by atoms with E-state index in [-0.39, 0.29) is 11.6 Å². The summed E-state index contributed by atoms with van der Waals surface area (Å²) >= 11 is 0. The summed E-state index contributed by atoms with van der Waals surface area (Å²) in [5, 5.41) is 5.87. The van der Waals surface area contributed by atoms with Gasteiger partial charge in [0, 0.05) is 5.56 Å². The number of nitrogens with zero attached hydrogens (tertiary/aromatic N) is 2. The highest BCUT2D eigenvalue weighted by molar-refractivity contribution is 6.03. The number of benzene rings is 1. The molecule has 2 aromatic rings. The fourth-order valence-corrected chi connectivity index (χ4v) is 1.15. The predicted molar refractivity (Wildman–Crippen MR) is 53.4 cm³/mol. The third kappa shape index (κ3) is 2.22. The van der Waals surface area contributed by atoms with Crippen LogP contribution in [-0.2, 0) is 0 Å². The Labute approximate surface area is 90.3 Å². The molecule has 82 valence electrons. The van der Waals surface area contributed by atoms with Gasteiger partial charge in [0.1, 0.15) is 5.82 Å². The van der Waals surface area contributed by atoms with E-state index < -0.39 is 11.7 Å². The van der Waals surface area contributed by atoms with Gasteiger partial charge in [0.05, 0.1) is 0 Å². The summed E-state index contributed by atoms with van der Waals surface area (Å²) in [6.07, 6.45) is 0. The van der Waals surface area contributed by atoms with Crippen LogP contribution in [0, 0.1) is 12.7 Å². The van der Waals surface area contributed by atoms with Crippen molar-refractivity contribution in [2.75, 3.05) is 5.32 Å². The van der Waals surface area contributed by atoms with Crippen molar-refractivity contribution >= 4 is 11.9 Å². The van der Waals surface area contributed by atoms with E-state index in [1.165, 1.54) is 18.2 Å². The minimum Gasteiger partial charge on any atom is -0.315 e. The number of hydrogen-bond acceptors (Lipinski definition) is 4. The summed E-state index contributed by atoms with van der Waals surface area (Å²) in [4.78, 5) is 15.4. The number of halogens is 1. The van der Waals surface area contributed by atoms with Gasteiger partial charge in [-0.2, -0.15) is 4.98 Å². The number of hydrogen-bond donors (Lipinski definition) is 1. The fourth-order valence-electron chi connectivity index (χ4n) is 1.15. The lowest BCUT2D eigenvalue weighted by Gasteiger charge is -1.99. The van der Waals surface area contributed by atoms with Crippen LogP contribution in [0.25, 0.3) is 0 Å². The Morgan fingerprint density at radius 1 is 1.50 bits per heavy atom. The molecular weight excluding hydrogens is 213 g/mol. The van der Waals surface area contributed by atoms with Crippen LogP contribution >= 0.6 is 0 Å². The van der Waals surface area contributed by atoms with E-state index in [0.717, 1.165) is 6.07 Å². The van der Waals surface area contributed by atoms with Crippen molar-refractivity contribution in [3.05, 3.63) is 41.5 Å². The predicted octanol–water partition coefficient (Wildman–Crippen LogP) is 1.77. The van der Waals surface area contributed by atoms with Gasteiger partial charge < -0.3 is 4.52 Å². The maximum atomic E-state index is 12.8. The lowest BCUT2D eigenvalue weighted by Crippen LogP contribution is -2.12. The first-order chi connectivity index (χ1) is 7.65. The number of amides is 1. The van der Waals surface area contributed by atoms with Crippen molar-refractivity contribution in [2.24, 2.45) is 0 Å². The number of aromatic nitrogens is 2. The van der Waals surface area contributed by atoms with Crippen LogP contribution in [0.15, 0.2) is 28.8 Å². The molecule has 1 aromatic heterocycles. The summed E-state index contributed by atoms with van der Waals surface area (Å²) < 4.78 is 17.5. The molecule has 0 saturated carbocycles. The lowest BCUT2D eigenvalue weighted by molar-refractivity contribution is 0.102. The minimum atomic E-state index is -0.497. The third-order valence-corrected chi connectivity index (χ3v) is 1.83. The van der Waals surface area contributed by atoms with Crippen molar-refractivity contribution in [1.29, 1.82) is 0 Å². The number of carbonyl (C=O) groups is 1. The monoisotopic (exact) mass is 221 g/mol. The highest BCUT2D eigenvalue weighted by atomic mass is 19.1. The molecule has 5 nitrogen and oxygen atoms in total. The van der Waals surface area contributed by atoms with Crippen LogP contribution in [0.3, 0.4) is 0 Å². The Hall–Kier alpha value is -2.24. The second-order valence-electron chi connectivity index (χ2n) is 3.11. The number of carbonyl (C=O) groups excluding carboxylic acids is 1. The molecule has 1 N–H and O–H groups in total. The van der Waals surface area contributed by atoms with Crippen molar-refractivity contribution < 1.29 is 13.7 Å². The van der Waals surface area contributed by atoms with Gasteiger partial charge in [-0.05, 0) is 25.1 Å². The highest BCUT2D eigenvalue weighted by Crippen LogP contribution is 2.08. The quantitative estimate of drug-likeness (QED) is 0.839. The van der Waals surface area contributed by atoms with Gasteiger partial charge in [-0.3, -0.25) is 10.1 Å². The SMILES string of the molecule is Cc1noc(NC(=O)c2cccc(F)c2)n1. The zero-order valence-electron chi connectivity index (χ0n) is 8.40. The normalized spacial score (nSPS) is 10.1. The molecular formula is C10H8FN3O2. The summed E-state index contributed by atoms with van der Waals surface area (Å²) in [5.41, 5.74) is 0.191. The summed E-state index contributed by atoms with van der Waals surface area (Å²) in [6.45, 7) is 1.63. The molecule has 1 amide bonds. The number of aryl methyl sites for hydroxylation is 1. The standard InChI is InChI=1S/C10H8FN3O2/c1-6-12-10(16-14-6)13-9(15)7-3-2-4-8(11)5-7/h2-5H,1H3,(H,12,13,14,15). The van der Waals surface area contributed by atoms with Crippen molar-refractivity contribution in [1.82, 2.24) is 10.1 Å². The second-order valence-corrected chi connectivity index (χ2v) is 3.11. The van der Waals surface area contributed by atoms with E-state index >= 15 is 0 Å². The number of rotatable bonds is 2. The lowest BCUT2D eigenvalue weighted by atomic mass is 10.2. The molecule has 16 heavy (non-hydrogen) atoms. The van der Waals surface area contributed by atoms with Gasteiger partial charge in [-0.1, -0.05) is 11.2 Å². The highest BCUT2D eigenvalue weighted by Gasteiger charge is 2.10. The van der Waals surface area contributed by atoms with E-state index in [1.807, 2.05) is 0 Å². The first kappa shape index (κ1) is 10.3. The van der Waals surface area contributed by atoms with Gasteiger partial charge in [0.25, 0.3) is 5.91 Å². The zero-order valence-corrected chi connectivity index (χ0v) is 8.40. The maximum absolute atomic E-state index is 12.8. The van der Waals surface area contributed by atoms with Crippen LogP contribution in [0.4, 0.5) is 10.4 Å². The Morgan fingerprint density at radius 3 is 2.94 bits per heavy atom. The van der Waals surface area contributed by atoms with Crippen molar-refractivity contribution in [3.8, 4) is 0 Å². The van der Waals surface area contributed by atoms with Crippen LogP contribution < -0.4 is 5.32 Å². The largest absolute Gasteiger partial charge is 0.328 e. The average Bonchev–Trinajstić information content (AvgIpc) is 2.64. The number of anilines is 1. The average molecular weight is 221 g/mol. The third-order valence-electron chi connectivity index (χ3n) is 1.83. The molecule has 0 fully saturated rings. The second kappa shape index (κ2) is 4.09. The van der Waals surface area contributed by atoms with E-state index in [2.05, 4.69) is 15.5 Å². The molecule has 0 aliphatic carbocycles. The molecule has 6 heteroatoms. The summed E-state index contributed by atoms with van der Waals surface area (Å²) in [6, 6.07) is 5.31. The molecule has 1 heterocycles. The molecule has 0 saturated heterocycles. The minimum absolute atomic E-state index is 0.00763. The fraction of sp³-hybridized carbons (Fsp3) is 0.100. The Balaban J connectivity index is 2.14. The molecule has 0 spiro atoms. The van der Waals surface area contributed by atoms with Crippen molar-refractivity contribution in [3.63, 3.8) is 0 Å². The molecule has 0 bridgehead atoms. The van der Waals surface area contributed by atoms with E-state index in [4.69, 9.17) is 4.52 Å². The molecule has 0 aliphatic rings. The van der Waals surface area contributed by atoms with E-state index in [9.17, 15) is 9.18 Å². The molecule has 0 atom stereocenters. The Kier molecular flexibility index (Phi) is 2.63. The Bertz CT molecular complexity index is 524.